The molecule has 21 heavy (non-hydrogen) atoms. The van der Waals surface area contributed by atoms with Crippen LogP contribution in [0.3, 0.4) is 0 Å². The van der Waals surface area contributed by atoms with E-state index in [0.29, 0.717) is 11.5 Å². The van der Waals surface area contributed by atoms with E-state index in [1.807, 2.05) is 18.2 Å². The Kier molecular flexibility index (Phi) is 4.60. The summed E-state index contributed by atoms with van der Waals surface area (Å²) in [6, 6.07) is 16.1. The van der Waals surface area contributed by atoms with Crippen molar-refractivity contribution in [2.75, 3.05) is 0 Å². The highest BCUT2D eigenvalue weighted by Crippen LogP contribution is 2.32. The molecule has 0 saturated carbocycles. The van der Waals surface area contributed by atoms with Crippen LogP contribution in [0.2, 0.25) is 0 Å². The van der Waals surface area contributed by atoms with Crippen LogP contribution in [0.4, 0.5) is 0 Å². The standard InChI is InChI=1S/C17H18O4/c1-3-17(2,19)16(18)21-15-12-8-7-11-14(15)20-13-9-5-4-6-10-13/h4-12,19H,3H2,1-2H3. The van der Waals surface area contributed by atoms with E-state index in [-0.39, 0.29) is 12.2 Å². The Bertz CT molecular complexity index is 605. The molecule has 0 amide bonds. The van der Waals surface area contributed by atoms with Gasteiger partial charge in [0.15, 0.2) is 17.1 Å². The van der Waals surface area contributed by atoms with Gasteiger partial charge >= 0.3 is 5.97 Å². The van der Waals surface area contributed by atoms with Gasteiger partial charge in [-0.3, -0.25) is 0 Å². The van der Waals surface area contributed by atoms with Gasteiger partial charge in [0.1, 0.15) is 5.75 Å². The first-order valence-electron chi connectivity index (χ1n) is 6.79. The number of hydrogen-bond donors (Lipinski definition) is 1. The quantitative estimate of drug-likeness (QED) is 0.674. The van der Waals surface area contributed by atoms with Crippen LogP contribution in [0.5, 0.6) is 17.2 Å². The molecular formula is C17H18O4. The molecule has 1 atom stereocenters. The monoisotopic (exact) mass is 286 g/mol. The molecule has 110 valence electrons. The van der Waals surface area contributed by atoms with Gasteiger partial charge in [-0.15, -0.1) is 0 Å². The number of esters is 1. The molecule has 0 aliphatic heterocycles. The van der Waals surface area contributed by atoms with Crippen molar-refractivity contribution in [2.24, 2.45) is 0 Å². The van der Waals surface area contributed by atoms with E-state index >= 15 is 0 Å². The molecule has 1 unspecified atom stereocenters. The summed E-state index contributed by atoms with van der Waals surface area (Å²) < 4.78 is 11.0. The van der Waals surface area contributed by atoms with Crippen molar-refractivity contribution >= 4 is 5.97 Å². The third-order valence-electron chi connectivity index (χ3n) is 3.15. The highest BCUT2D eigenvalue weighted by molar-refractivity contribution is 5.81. The van der Waals surface area contributed by atoms with Gasteiger partial charge in [0.05, 0.1) is 0 Å². The van der Waals surface area contributed by atoms with Gasteiger partial charge < -0.3 is 14.6 Å². The summed E-state index contributed by atoms with van der Waals surface area (Å²) in [5, 5.41) is 9.92. The summed E-state index contributed by atoms with van der Waals surface area (Å²) in [5.74, 6) is 0.640. The van der Waals surface area contributed by atoms with E-state index in [1.165, 1.54) is 6.92 Å². The van der Waals surface area contributed by atoms with Gasteiger partial charge in [-0.25, -0.2) is 4.79 Å². The fourth-order valence-corrected chi connectivity index (χ4v) is 1.59. The summed E-state index contributed by atoms with van der Waals surface area (Å²) in [7, 11) is 0. The smallest absolute Gasteiger partial charge is 0.343 e. The average molecular weight is 286 g/mol. The van der Waals surface area contributed by atoms with Gasteiger partial charge in [-0.1, -0.05) is 37.3 Å². The lowest BCUT2D eigenvalue weighted by Gasteiger charge is -2.20. The summed E-state index contributed by atoms with van der Waals surface area (Å²) in [4.78, 5) is 11.9. The molecule has 2 aromatic rings. The Hall–Kier alpha value is -2.33. The third-order valence-corrected chi connectivity index (χ3v) is 3.15. The van der Waals surface area contributed by atoms with Crippen molar-refractivity contribution in [1.29, 1.82) is 0 Å². The minimum absolute atomic E-state index is 0.271. The zero-order chi connectivity index (χ0) is 15.3. The Morgan fingerprint density at radius 1 is 1.05 bits per heavy atom. The third kappa shape index (κ3) is 3.83. The first-order chi connectivity index (χ1) is 10.0. The zero-order valence-corrected chi connectivity index (χ0v) is 12.1. The van der Waals surface area contributed by atoms with E-state index < -0.39 is 11.6 Å². The Morgan fingerprint density at radius 3 is 2.24 bits per heavy atom. The van der Waals surface area contributed by atoms with Gasteiger partial charge in [-0.05, 0) is 37.6 Å². The van der Waals surface area contributed by atoms with E-state index in [9.17, 15) is 9.90 Å². The number of carbonyl (C=O) groups excluding carboxylic acids is 1. The average Bonchev–Trinajstić information content (AvgIpc) is 2.50. The van der Waals surface area contributed by atoms with Crippen LogP contribution in [0.15, 0.2) is 54.6 Å². The molecular weight excluding hydrogens is 268 g/mol. The largest absolute Gasteiger partial charge is 0.453 e. The van der Waals surface area contributed by atoms with Crippen LogP contribution in [-0.4, -0.2) is 16.7 Å². The molecule has 0 aromatic heterocycles. The maximum Gasteiger partial charge on any atom is 0.343 e. The zero-order valence-electron chi connectivity index (χ0n) is 12.1. The molecule has 0 bridgehead atoms. The molecule has 2 rings (SSSR count). The lowest BCUT2D eigenvalue weighted by Crippen LogP contribution is -2.37. The highest BCUT2D eigenvalue weighted by Gasteiger charge is 2.31. The van der Waals surface area contributed by atoms with Crippen LogP contribution in [0.25, 0.3) is 0 Å². The maximum absolute atomic E-state index is 11.9. The van der Waals surface area contributed by atoms with Crippen LogP contribution >= 0.6 is 0 Å². The van der Waals surface area contributed by atoms with Crippen LogP contribution in [-0.2, 0) is 4.79 Å². The number of para-hydroxylation sites is 3. The normalized spacial score (nSPS) is 13.3. The number of carbonyl (C=O) groups is 1. The van der Waals surface area contributed by atoms with Gasteiger partial charge in [0.25, 0.3) is 0 Å². The molecule has 0 aliphatic carbocycles. The molecule has 0 radical (unpaired) electrons. The first kappa shape index (κ1) is 15.1. The molecule has 0 aliphatic rings. The molecule has 1 N–H and O–H groups in total. The summed E-state index contributed by atoms with van der Waals surface area (Å²) >= 11 is 0. The summed E-state index contributed by atoms with van der Waals surface area (Å²) in [5.41, 5.74) is -1.51. The predicted octanol–water partition coefficient (Wildman–Crippen LogP) is 3.55. The topological polar surface area (TPSA) is 55.8 Å². The number of rotatable bonds is 5. The van der Waals surface area contributed by atoms with E-state index in [0.717, 1.165) is 0 Å². The van der Waals surface area contributed by atoms with E-state index in [4.69, 9.17) is 9.47 Å². The molecule has 0 spiro atoms. The maximum atomic E-state index is 11.9. The second-order valence-electron chi connectivity index (χ2n) is 4.88. The van der Waals surface area contributed by atoms with Crippen molar-refractivity contribution in [1.82, 2.24) is 0 Å². The van der Waals surface area contributed by atoms with Crippen LogP contribution < -0.4 is 9.47 Å². The molecule has 0 fully saturated rings. The van der Waals surface area contributed by atoms with Crippen molar-refractivity contribution in [3.63, 3.8) is 0 Å². The minimum Gasteiger partial charge on any atom is -0.453 e. The number of aliphatic hydroxyl groups is 1. The van der Waals surface area contributed by atoms with Crippen molar-refractivity contribution in [3.05, 3.63) is 54.6 Å². The Morgan fingerprint density at radius 2 is 1.62 bits per heavy atom. The Labute approximate surface area is 123 Å². The SMILES string of the molecule is CCC(C)(O)C(=O)Oc1ccccc1Oc1ccccc1. The van der Waals surface area contributed by atoms with E-state index in [1.54, 1.807) is 43.3 Å². The Balaban J connectivity index is 2.20. The lowest BCUT2D eigenvalue weighted by atomic mass is 10.0. The number of ether oxygens (including phenoxy) is 2. The molecule has 2 aromatic carbocycles. The first-order valence-corrected chi connectivity index (χ1v) is 6.79. The van der Waals surface area contributed by atoms with Gasteiger partial charge in [0, 0.05) is 0 Å². The second-order valence-corrected chi connectivity index (χ2v) is 4.88. The van der Waals surface area contributed by atoms with Crippen molar-refractivity contribution < 1.29 is 19.4 Å². The molecule has 4 nitrogen and oxygen atoms in total. The molecule has 4 heteroatoms. The summed E-state index contributed by atoms with van der Waals surface area (Å²) in [6.07, 6.45) is 0.271. The van der Waals surface area contributed by atoms with Gasteiger partial charge in [-0.2, -0.15) is 0 Å². The fourth-order valence-electron chi connectivity index (χ4n) is 1.59. The second kappa shape index (κ2) is 6.41. The van der Waals surface area contributed by atoms with Crippen LogP contribution in [0.1, 0.15) is 20.3 Å². The van der Waals surface area contributed by atoms with Crippen molar-refractivity contribution in [2.45, 2.75) is 25.9 Å². The minimum atomic E-state index is -1.51. The van der Waals surface area contributed by atoms with Crippen LogP contribution in [0, 0.1) is 0 Å². The predicted molar refractivity (Wildman–Crippen MR) is 79.5 cm³/mol. The van der Waals surface area contributed by atoms with Crippen molar-refractivity contribution in [3.8, 4) is 17.2 Å². The fraction of sp³-hybridized carbons (Fsp3) is 0.235. The van der Waals surface area contributed by atoms with Gasteiger partial charge in [0.2, 0.25) is 0 Å². The number of hydrogen-bond acceptors (Lipinski definition) is 4. The summed E-state index contributed by atoms with van der Waals surface area (Å²) in [6.45, 7) is 3.14. The lowest BCUT2D eigenvalue weighted by molar-refractivity contribution is -0.153. The molecule has 0 saturated heterocycles. The van der Waals surface area contributed by atoms with E-state index in [2.05, 4.69) is 0 Å². The number of benzene rings is 2. The molecule has 0 heterocycles. The highest BCUT2D eigenvalue weighted by atomic mass is 16.6.